The maximum Gasteiger partial charge on any atom is 0.332 e. The molecule has 0 unspecified atom stereocenters. The molecule has 2 aromatic heterocycles. The van der Waals surface area contributed by atoms with Crippen molar-refractivity contribution in [1.29, 1.82) is 0 Å². The van der Waals surface area contributed by atoms with E-state index in [1.165, 1.54) is 9.13 Å². The summed E-state index contributed by atoms with van der Waals surface area (Å²) in [5.74, 6) is 0.514. The van der Waals surface area contributed by atoms with Crippen molar-refractivity contribution in [2.24, 2.45) is 19.8 Å². The molecular weight excluding hydrogens is 344 g/mol. The molecule has 9 heteroatoms. The Labute approximate surface area is 150 Å². The topological polar surface area (TPSA) is 99.9 Å². The third-order valence-corrected chi connectivity index (χ3v) is 3.97. The predicted octanol–water partition coefficient (Wildman–Crippen LogP) is 0.274. The smallest absolute Gasteiger partial charge is 0.332 e. The highest BCUT2D eigenvalue weighted by Crippen LogP contribution is 2.13. The standard InChI is InChI=1S/C16H20N6O2.ClH/c1-20-12-13(19-15(20)18-9-8-17)21(2)16(24)22(14(12)23)10-11-6-4-3-5-7-11;/h3-7H,8-10,17H2,1-2H3,(H,18,19);1H. The number of benzene rings is 1. The van der Waals surface area contributed by atoms with Gasteiger partial charge in [0, 0.05) is 27.2 Å². The molecule has 0 aliphatic rings. The van der Waals surface area contributed by atoms with Gasteiger partial charge in [-0.3, -0.25) is 13.9 Å². The SMILES string of the molecule is Cl.Cn1c(NCCN)nc2c1c(=O)n(Cc1ccccc1)c(=O)n2C. The van der Waals surface area contributed by atoms with E-state index in [1.54, 1.807) is 18.7 Å². The molecule has 0 saturated heterocycles. The van der Waals surface area contributed by atoms with Gasteiger partial charge in [0.2, 0.25) is 5.95 Å². The van der Waals surface area contributed by atoms with Crippen molar-refractivity contribution in [2.45, 2.75) is 6.54 Å². The number of hydrogen-bond donors (Lipinski definition) is 2. The molecule has 0 saturated carbocycles. The molecule has 0 amide bonds. The molecule has 0 fully saturated rings. The first-order chi connectivity index (χ1) is 11.5. The molecule has 0 spiro atoms. The second-order valence-corrected chi connectivity index (χ2v) is 5.60. The number of nitrogens with two attached hydrogens (primary N) is 1. The molecule has 0 bridgehead atoms. The van der Waals surface area contributed by atoms with Crippen molar-refractivity contribution in [3.8, 4) is 0 Å². The molecule has 0 atom stereocenters. The Hall–Kier alpha value is -2.58. The minimum Gasteiger partial charge on any atom is -0.354 e. The van der Waals surface area contributed by atoms with E-state index < -0.39 is 0 Å². The minimum atomic E-state index is -0.389. The van der Waals surface area contributed by atoms with Gasteiger partial charge in [-0.25, -0.2) is 4.79 Å². The molecule has 3 rings (SSSR count). The predicted molar refractivity (Wildman–Crippen MR) is 101 cm³/mol. The fraction of sp³-hybridized carbons (Fsp3) is 0.312. The van der Waals surface area contributed by atoms with E-state index in [4.69, 9.17) is 5.73 Å². The van der Waals surface area contributed by atoms with Crippen LogP contribution in [0.2, 0.25) is 0 Å². The van der Waals surface area contributed by atoms with Gasteiger partial charge < -0.3 is 15.6 Å². The van der Waals surface area contributed by atoms with Gasteiger partial charge in [-0.05, 0) is 5.56 Å². The number of anilines is 1. The van der Waals surface area contributed by atoms with E-state index in [-0.39, 0.29) is 30.2 Å². The van der Waals surface area contributed by atoms with Crippen LogP contribution < -0.4 is 22.3 Å². The first-order valence-electron chi connectivity index (χ1n) is 7.68. The summed E-state index contributed by atoms with van der Waals surface area (Å²) >= 11 is 0. The van der Waals surface area contributed by atoms with Crippen LogP contribution in [0.25, 0.3) is 11.2 Å². The zero-order chi connectivity index (χ0) is 17.3. The molecule has 0 radical (unpaired) electrons. The van der Waals surface area contributed by atoms with E-state index in [0.717, 1.165) is 5.56 Å². The lowest BCUT2D eigenvalue weighted by atomic mass is 10.2. The summed E-state index contributed by atoms with van der Waals surface area (Å²) in [5.41, 5.74) is 6.38. The highest BCUT2D eigenvalue weighted by atomic mass is 35.5. The Morgan fingerprint density at radius 1 is 1.12 bits per heavy atom. The van der Waals surface area contributed by atoms with E-state index in [0.29, 0.717) is 30.2 Å². The normalized spacial score (nSPS) is 10.7. The van der Waals surface area contributed by atoms with Crippen LogP contribution in [0.4, 0.5) is 5.95 Å². The van der Waals surface area contributed by atoms with Crippen molar-refractivity contribution in [3.05, 3.63) is 56.7 Å². The largest absolute Gasteiger partial charge is 0.354 e. The first-order valence-corrected chi connectivity index (χ1v) is 7.68. The molecular formula is C16H21ClN6O2. The van der Waals surface area contributed by atoms with Crippen LogP contribution in [0.15, 0.2) is 39.9 Å². The van der Waals surface area contributed by atoms with Crippen molar-refractivity contribution in [2.75, 3.05) is 18.4 Å². The molecule has 3 aromatic rings. The third-order valence-electron chi connectivity index (χ3n) is 3.97. The molecule has 0 aliphatic carbocycles. The summed E-state index contributed by atoms with van der Waals surface area (Å²) in [6, 6.07) is 9.41. The Balaban J connectivity index is 0.00000225. The van der Waals surface area contributed by atoms with Gasteiger partial charge in [0.1, 0.15) is 0 Å². The minimum absolute atomic E-state index is 0. The summed E-state index contributed by atoms with van der Waals surface area (Å²) in [7, 11) is 3.36. The van der Waals surface area contributed by atoms with Gasteiger partial charge in [-0.2, -0.15) is 4.98 Å². The van der Waals surface area contributed by atoms with Gasteiger partial charge in [-0.15, -0.1) is 12.4 Å². The zero-order valence-electron chi connectivity index (χ0n) is 14.1. The van der Waals surface area contributed by atoms with Gasteiger partial charge >= 0.3 is 5.69 Å². The number of nitrogens with zero attached hydrogens (tertiary/aromatic N) is 4. The van der Waals surface area contributed by atoms with E-state index >= 15 is 0 Å². The second kappa shape index (κ2) is 7.54. The van der Waals surface area contributed by atoms with E-state index in [9.17, 15) is 9.59 Å². The molecule has 2 heterocycles. The number of nitrogens with one attached hydrogen (secondary N) is 1. The molecule has 3 N–H and O–H groups in total. The number of halogens is 1. The highest BCUT2D eigenvalue weighted by Gasteiger charge is 2.18. The molecule has 134 valence electrons. The summed E-state index contributed by atoms with van der Waals surface area (Å²) in [6.07, 6.45) is 0. The van der Waals surface area contributed by atoms with Crippen LogP contribution in [0, 0.1) is 0 Å². The number of rotatable bonds is 5. The quantitative estimate of drug-likeness (QED) is 0.677. The summed E-state index contributed by atoms with van der Waals surface area (Å²) in [6.45, 7) is 1.20. The maximum atomic E-state index is 12.9. The van der Waals surface area contributed by atoms with E-state index in [2.05, 4.69) is 10.3 Å². The monoisotopic (exact) mass is 364 g/mol. The summed E-state index contributed by atoms with van der Waals surface area (Å²) < 4.78 is 4.29. The van der Waals surface area contributed by atoms with Crippen LogP contribution in [-0.4, -0.2) is 31.8 Å². The van der Waals surface area contributed by atoms with Gasteiger partial charge in [0.05, 0.1) is 6.54 Å². The summed E-state index contributed by atoms with van der Waals surface area (Å²) in [5, 5.41) is 3.06. The molecule has 0 aliphatic heterocycles. The summed E-state index contributed by atoms with van der Waals surface area (Å²) in [4.78, 5) is 29.8. The van der Waals surface area contributed by atoms with Crippen LogP contribution in [-0.2, 0) is 20.6 Å². The molecule has 1 aromatic carbocycles. The number of aryl methyl sites for hydroxylation is 2. The molecule has 8 nitrogen and oxygen atoms in total. The van der Waals surface area contributed by atoms with Crippen molar-refractivity contribution in [3.63, 3.8) is 0 Å². The van der Waals surface area contributed by atoms with Crippen molar-refractivity contribution >= 4 is 29.5 Å². The lowest BCUT2D eigenvalue weighted by Gasteiger charge is -2.08. The lowest BCUT2D eigenvalue weighted by molar-refractivity contribution is 0.655. The van der Waals surface area contributed by atoms with Crippen molar-refractivity contribution < 1.29 is 0 Å². The number of imidazole rings is 1. The third kappa shape index (κ3) is 3.31. The van der Waals surface area contributed by atoms with Crippen LogP contribution in [0.3, 0.4) is 0 Å². The zero-order valence-corrected chi connectivity index (χ0v) is 14.9. The maximum absolute atomic E-state index is 12.9. The fourth-order valence-electron chi connectivity index (χ4n) is 2.69. The van der Waals surface area contributed by atoms with Crippen LogP contribution in [0.5, 0.6) is 0 Å². The fourth-order valence-corrected chi connectivity index (χ4v) is 2.69. The lowest BCUT2D eigenvalue weighted by Crippen LogP contribution is -2.39. The Morgan fingerprint density at radius 3 is 2.44 bits per heavy atom. The van der Waals surface area contributed by atoms with Crippen LogP contribution in [0.1, 0.15) is 5.56 Å². The average molecular weight is 365 g/mol. The van der Waals surface area contributed by atoms with Crippen LogP contribution >= 0.6 is 12.4 Å². The second-order valence-electron chi connectivity index (χ2n) is 5.60. The van der Waals surface area contributed by atoms with E-state index in [1.807, 2.05) is 30.3 Å². The number of fused-ring (bicyclic) bond motifs is 1. The van der Waals surface area contributed by atoms with Gasteiger partial charge in [0.15, 0.2) is 11.2 Å². The Bertz CT molecular complexity index is 990. The number of hydrogen-bond acceptors (Lipinski definition) is 5. The van der Waals surface area contributed by atoms with Gasteiger partial charge in [0.25, 0.3) is 5.56 Å². The van der Waals surface area contributed by atoms with Gasteiger partial charge in [-0.1, -0.05) is 30.3 Å². The Kier molecular flexibility index (Phi) is 5.66. The van der Waals surface area contributed by atoms with Crippen molar-refractivity contribution in [1.82, 2.24) is 18.7 Å². The number of aromatic nitrogens is 4. The molecule has 25 heavy (non-hydrogen) atoms. The first kappa shape index (κ1) is 18.8. The average Bonchev–Trinajstić information content (AvgIpc) is 2.93. The highest BCUT2D eigenvalue weighted by molar-refractivity contribution is 5.85. The Morgan fingerprint density at radius 2 is 1.80 bits per heavy atom.